The van der Waals surface area contributed by atoms with Crippen LogP contribution >= 0.6 is 0 Å². The van der Waals surface area contributed by atoms with E-state index in [1.807, 2.05) is 6.92 Å². The van der Waals surface area contributed by atoms with Gasteiger partial charge in [0.15, 0.2) is 0 Å². The van der Waals surface area contributed by atoms with Gasteiger partial charge in [0.05, 0.1) is 18.5 Å². The predicted molar refractivity (Wildman–Crippen MR) is 76.6 cm³/mol. The van der Waals surface area contributed by atoms with Gasteiger partial charge in [-0.15, -0.1) is 0 Å². The summed E-state index contributed by atoms with van der Waals surface area (Å²) in [6, 6.07) is 0.103. The van der Waals surface area contributed by atoms with Gasteiger partial charge in [0.1, 0.15) is 11.5 Å². The minimum absolute atomic E-state index is 0.0558. The Balaban J connectivity index is 1.99. The number of hydrogen-bond donors (Lipinski definition) is 2. The number of hydrogen-bond acceptors (Lipinski definition) is 5. The van der Waals surface area contributed by atoms with Gasteiger partial charge in [-0.1, -0.05) is 13.8 Å². The van der Waals surface area contributed by atoms with E-state index in [0.717, 1.165) is 6.42 Å². The second-order valence-corrected chi connectivity index (χ2v) is 5.57. The molecule has 1 amide bonds. The van der Waals surface area contributed by atoms with Crippen LogP contribution in [0.25, 0.3) is 0 Å². The van der Waals surface area contributed by atoms with Crippen LogP contribution in [0.4, 0.5) is 5.82 Å². The van der Waals surface area contributed by atoms with Gasteiger partial charge in [0.25, 0.3) is 5.91 Å². The zero-order valence-corrected chi connectivity index (χ0v) is 12.4. The van der Waals surface area contributed by atoms with Crippen LogP contribution in [0.2, 0.25) is 0 Å². The fourth-order valence-corrected chi connectivity index (χ4v) is 2.44. The summed E-state index contributed by atoms with van der Waals surface area (Å²) in [5, 5.41) is 5.88. The maximum atomic E-state index is 12.2. The Bertz CT molecular complexity index is 490. The molecule has 1 aromatic rings. The van der Waals surface area contributed by atoms with E-state index in [0.29, 0.717) is 18.1 Å². The lowest BCUT2D eigenvalue weighted by molar-refractivity contribution is -0.111. The fraction of sp³-hybridized carbons (Fsp3) is 0.643. The van der Waals surface area contributed by atoms with Crippen LogP contribution in [0.1, 0.15) is 37.7 Å². The Labute approximate surface area is 119 Å². The van der Waals surface area contributed by atoms with Crippen molar-refractivity contribution in [2.45, 2.75) is 39.3 Å². The number of nitrogens with zero attached hydrogens (tertiary/aromatic N) is 2. The maximum Gasteiger partial charge on any atom is 0.271 e. The van der Waals surface area contributed by atoms with Crippen LogP contribution in [0.15, 0.2) is 12.4 Å². The average molecular weight is 278 g/mol. The van der Waals surface area contributed by atoms with E-state index < -0.39 is 0 Å². The summed E-state index contributed by atoms with van der Waals surface area (Å²) in [4.78, 5) is 20.4. The molecule has 0 aliphatic heterocycles. The van der Waals surface area contributed by atoms with Gasteiger partial charge in [-0.25, -0.2) is 4.98 Å². The Kier molecular flexibility index (Phi) is 4.23. The highest BCUT2D eigenvalue weighted by Crippen LogP contribution is 2.42. The lowest BCUT2D eigenvalue weighted by Crippen LogP contribution is -2.62. The summed E-state index contributed by atoms with van der Waals surface area (Å²) in [6.45, 7) is 6.90. The molecule has 1 saturated carbocycles. The molecule has 0 radical (unpaired) electrons. The lowest BCUT2D eigenvalue weighted by Gasteiger charge is -2.51. The standard InChI is InChI=1S/C14H22N4O2/c1-5-20-11-6-10(14(11,2)3)18-13(19)9-7-16-8-12(15-4)17-9/h7-8,10-11H,5-6H2,1-4H3,(H,15,17)(H,18,19). The van der Waals surface area contributed by atoms with E-state index in [1.54, 1.807) is 13.2 Å². The van der Waals surface area contributed by atoms with Gasteiger partial charge < -0.3 is 15.4 Å². The Hall–Kier alpha value is -1.69. The number of carbonyl (C=O) groups excluding carboxylic acids is 1. The van der Waals surface area contributed by atoms with Crippen molar-refractivity contribution in [3.63, 3.8) is 0 Å². The van der Waals surface area contributed by atoms with Gasteiger partial charge >= 0.3 is 0 Å². The molecule has 1 aliphatic rings. The molecule has 6 heteroatoms. The summed E-state index contributed by atoms with van der Waals surface area (Å²) < 4.78 is 5.66. The minimum Gasteiger partial charge on any atom is -0.378 e. The first-order valence-corrected chi connectivity index (χ1v) is 6.91. The SMILES string of the molecule is CCOC1CC(NC(=O)c2cncc(NC)n2)C1(C)C. The monoisotopic (exact) mass is 278 g/mol. The largest absolute Gasteiger partial charge is 0.378 e. The van der Waals surface area contributed by atoms with E-state index in [2.05, 4.69) is 34.4 Å². The van der Waals surface area contributed by atoms with Crippen molar-refractivity contribution in [2.24, 2.45) is 5.41 Å². The zero-order valence-electron chi connectivity index (χ0n) is 12.4. The van der Waals surface area contributed by atoms with Gasteiger partial charge in [0.2, 0.25) is 0 Å². The molecule has 2 unspecified atom stereocenters. The first kappa shape index (κ1) is 14.7. The summed E-state index contributed by atoms with van der Waals surface area (Å²) in [5.74, 6) is 0.389. The number of amides is 1. The number of carbonyl (C=O) groups is 1. The van der Waals surface area contributed by atoms with Crippen molar-refractivity contribution in [3.8, 4) is 0 Å². The molecule has 0 bridgehead atoms. The predicted octanol–water partition coefficient (Wildman–Crippen LogP) is 1.45. The van der Waals surface area contributed by atoms with Crippen molar-refractivity contribution < 1.29 is 9.53 Å². The molecule has 2 atom stereocenters. The van der Waals surface area contributed by atoms with Crippen LogP contribution in [0.3, 0.4) is 0 Å². The van der Waals surface area contributed by atoms with E-state index in [1.165, 1.54) is 6.20 Å². The number of aromatic nitrogens is 2. The van der Waals surface area contributed by atoms with Crippen LogP contribution in [-0.4, -0.2) is 41.7 Å². The third-order valence-electron chi connectivity index (χ3n) is 3.97. The Morgan fingerprint density at radius 2 is 2.25 bits per heavy atom. The topological polar surface area (TPSA) is 76.1 Å². The third kappa shape index (κ3) is 2.75. The molecule has 1 heterocycles. The number of rotatable bonds is 5. The molecule has 2 N–H and O–H groups in total. The normalized spacial score (nSPS) is 23.8. The summed E-state index contributed by atoms with van der Waals surface area (Å²) >= 11 is 0. The molecule has 1 aliphatic carbocycles. The van der Waals surface area contributed by atoms with Crippen LogP contribution in [0, 0.1) is 5.41 Å². The molecule has 6 nitrogen and oxygen atoms in total. The van der Waals surface area contributed by atoms with Crippen LogP contribution < -0.4 is 10.6 Å². The highest BCUT2D eigenvalue weighted by atomic mass is 16.5. The quantitative estimate of drug-likeness (QED) is 0.852. The first-order chi connectivity index (χ1) is 9.48. The van der Waals surface area contributed by atoms with Crippen molar-refractivity contribution >= 4 is 11.7 Å². The van der Waals surface area contributed by atoms with E-state index in [9.17, 15) is 4.79 Å². The van der Waals surface area contributed by atoms with Crippen molar-refractivity contribution in [2.75, 3.05) is 19.0 Å². The van der Waals surface area contributed by atoms with Crippen molar-refractivity contribution in [1.82, 2.24) is 15.3 Å². The minimum atomic E-state index is -0.192. The Morgan fingerprint density at radius 3 is 2.85 bits per heavy atom. The summed E-state index contributed by atoms with van der Waals surface area (Å²) in [7, 11) is 1.74. The molecular weight excluding hydrogens is 256 g/mol. The van der Waals surface area contributed by atoms with E-state index in [4.69, 9.17) is 4.74 Å². The summed E-state index contributed by atoms with van der Waals surface area (Å²) in [5.41, 5.74) is 0.271. The number of nitrogens with one attached hydrogen (secondary N) is 2. The summed E-state index contributed by atoms with van der Waals surface area (Å²) in [6.07, 6.45) is 4.09. The van der Waals surface area contributed by atoms with E-state index in [-0.39, 0.29) is 23.5 Å². The van der Waals surface area contributed by atoms with Gasteiger partial charge in [0, 0.05) is 25.1 Å². The zero-order chi connectivity index (χ0) is 14.8. The second kappa shape index (κ2) is 5.75. The highest BCUT2D eigenvalue weighted by molar-refractivity contribution is 5.92. The molecule has 2 rings (SSSR count). The molecule has 0 aromatic carbocycles. The fourth-order valence-electron chi connectivity index (χ4n) is 2.44. The van der Waals surface area contributed by atoms with Crippen molar-refractivity contribution in [1.29, 1.82) is 0 Å². The number of ether oxygens (including phenoxy) is 1. The number of anilines is 1. The average Bonchev–Trinajstić information content (AvgIpc) is 2.46. The lowest BCUT2D eigenvalue weighted by atomic mass is 9.64. The van der Waals surface area contributed by atoms with Gasteiger partial charge in [-0.05, 0) is 13.3 Å². The molecule has 0 spiro atoms. The third-order valence-corrected chi connectivity index (χ3v) is 3.97. The Morgan fingerprint density at radius 1 is 1.50 bits per heavy atom. The molecule has 1 aromatic heterocycles. The maximum absolute atomic E-state index is 12.2. The van der Waals surface area contributed by atoms with Gasteiger partial charge in [-0.2, -0.15) is 0 Å². The second-order valence-electron chi connectivity index (χ2n) is 5.57. The molecule has 0 saturated heterocycles. The first-order valence-electron chi connectivity index (χ1n) is 6.91. The molecule has 110 valence electrons. The van der Waals surface area contributed by atoms with Crippen LogP contribution in [0.5, 0.6) is 0 Å². The van der Waals surface area contributed by atoms with E-state index >= 15 is 0 Å². The van der Waals surface area contributed by atoms with Gasteiger partial charge in [-0.3, -0.25) is 9.78 Å². The highest BCUT2D eigenvalue weighted by Gasteiger charge is 2.49. The molecule has 20 heavy (non-hydrogen) atoms. The molecule has 1 fully saturated rings. The van der Waals surface area contributed by atoms with Crippen LogP contribution in [-0.2, 0) is 4.74 Å². The molecular formula is C14H22N4O2. The van der Waals surface area contributed by atoms with Crippen molar-refractivity contribution in [3.05, 3.63) is 18.1 Å². The smallest absolute Gasteiger partial charge is 0.271 e.